The Morgan fingerprint density at radius 2 is 2.14 bits per heavy atom. The van der Waals surface area contributed by atoms with Crippen LogP contribution in [0.15, 0.2) is 0 Å². The molecule has 3 nitrogen and oxygen atoms in total. The van der Waals surface area contributed by atoms with Gasteiger partial charge in [0.25, 0.3) is 0 Å². The summed E-state index contributed by atoms with van der Waals surface area (Å²) in [5.74, 6) is 0.257. The number of rotatable bonds is 5. The molecule has 0 bridgehead atoms. The third-order valence-corrected chi connectivity index (χ3v) is 5.27. The minimum Gasteiger partial charge on any atom is -0.212 e. The molecule has 84 valence electrons. The zero-order valence-corrected chi connectivity index (χ0v) is 10.5. The van der Waals surface area contributed by atoms with E-state index in [0.717, 1.165) is 19.3 Å². The molecular formula is C9H19NO2S2. The van der Waals surface area contributed by atoms with Crippen LogP contribution in [0.5, 0.6) is 0 Å². The zero-order chi connectivity index (χ0) is 10.6. The van der Waals surface area contributed by atoms with Crippen molar-refractivity contribution in [1.29, 1.82) is 0 Å². The first-order chi connectivity index (χ1) is 6.57. The first-order valence-corrected chi connectivity index (χ1v) is 8.04. The molecule has 1 aliphatic rings. The molecule has 0 aliphatic heterocycles. The number of hydrogen-bond acceptors (Lipinski definition) is 3. The Bertz CT molecular complexity index is 264. The fourth-order valence-electron chi connectivity index (χ4n) is 1.84. The second-order valence-corrected chi connectivity index (χ2v) is 6.82. The van der Waals surface area contributed by atoms with Gasteiger partial charge in [0.05, 0.1) is 5.75 Å². The van der Waals surface area contributed by atoms with Crippen LogP contribution in [0.3, 0.4) is 0 Å². The fourth-order valence-corrected chi connectivity index (χ4v) is 4.02. The quantitative estimate of drug-likeness (QED) is 0.790. The summed E-state index contributed by atoms with van der Waals surface area (Å²) in [6, 6.07) is 0.184. The highest BCUT2D eigenvalue weighted by atomic mass is 32.2. The first-order valence-electron chi connectivity index (χ1n) is 5.10. The molecule has 1 fully saturated rings. The van der Waals surface area contributed by atoms with E-state index in [9.17, 15) is 8.42 Å². The van der Waals surface area contributed by atoms with Crippen LogP contribution < -0.4 is 4.72 Å². The van der Waals surface area contributed by atoms with Crippen molar-refractivity contribution < 1.29 is 8.42 Å². The average molecular weight is 237 g/mol. The van der Waals surface area contributed by atoms with Gasteiger partial charge in [-0.3, -0.25) is 0 Å². The summed E-state index contributed by atoms with van der Waals surface area (Å²) in [5, 5.41) is 0.643. The molecule has 1 aliphatic carbocycles. The summed E-state index contributed by atoms with van der Waals surface area (Å²) in [6.45, 7) is 1.89. The normalized spacial score (nSPS) is 28.1. The summed E-state index contributed by atoms with van der Waals surface area (Å²) in [6.07, 6.45) is 5.90. The predicted molar refractivity (Wildman–Crippen MR) is 62.2 cm³/mol. The van der Waals surface area contributed by atoms with Gasteiger partial charge in [-0.2, -0.15) is 11.8 Å². The summed E-state index contributed by atoms with van der Waals surface area (Å²) in [5.41, 5.74) is 0. The van der Waals surface area contributed by atoms with E-state index in [2.05, 4.69) is 11.0 Å². The highest BCUT2D eigenvalue weighted by Gasteiger charge is 2.26. The largest absolute Gasteiger partial charge is 0.212 e. The number of thioether (sulfide) groups is 1. The minimum absolute atomic E-state index is 0.184. The van der Waals surface area contributed by atoms with E-state index in [1.54, 1.807) is 0 Å². The Balaban J connectivity index is 2.39. The second-order valence-electron chi connectivity index (χ2n) is 3.80. The summed E-state index contributed by atoms with van der Waals surface area (Å²) >= 11 is 1.84. The molecule has 0 heterocycles. The summed E-state index contributed by atoms with van der Waals surface area (Å²) in [4.78, 5) is 0. The lowest BCUT2D eigenvalue weighted by molar-refractivity contribution is 0.551. The van der Waals surface area contributed by atoms with Gasteiger partial charge in [0.1, 0.15) is 0 Å². The van der Waals surface area contributed by atoms with Crippen molar-refractivity contribution >= 4 is 21.8 Å². The Kier molecular flexibility index (Phi) is 4.73. The van der Waals surface area contributed by atoms with E-state index in [0.29, 0.717) is 11.7 Å². The zero-order valence-electron chi connectivity index (χ0n) is 8.82. The molecule has 1 N–H and O–H groups in total. The summed E-state index contributed by atoms with van der Waals surface area (Å²) < 4.78 is 25.7. The maximum absolute atomic E-state index is 11.5. The molecule has 14 heavy (non-hydrogen) atoms. The Morgan fingerprint density at radius 3 is 2.64 bits per heavy atom. The van der Waals surface area contributed by atoms with Gasteiger partial charge in [0.15, 0.2) is 0 Å². The van der Waals surface area contributed by atoms with Crippen molar-refractivity contribution in [3.05, 3.63) is 0 Å². The van der Waals surface area contributed by atoms with Crippen molar-refractivity contribution in [3.63, 3.8) is 0 Å². The molecule has 0 saturated heterocycles. The number of hydrogen-bond donors (Lipinski definition) is 1. The predicted octanol–water partition coefficient (Wildman–Crippen LogP) is 1.60. The molecule has 0 amide bonds. The molecule has 0 aromatic heterocycles. The van der Waals surface area contributed by atoms with Gasteiger partial charge in [0, 0.05) is 11.3 Å². The van der Waals surface area contributed by atoms with Gasteiger partial charge in [-0.05, 0) is 31.9 Å². The maximum Gasteiger partial charge on any atom is 0.211 e. The van der Waals surface area contributed by atoms with Crippen molar-refractivity contribution in [1.82, 2.24) is 4.72 Å². The number of nitrogens with one attached hydrogen (secondary N) is 1. The molecule has 1 saturated carbocycles. The maximum atomic E-state index is 11.5. The lowest BCUT2D eigenvalue weighted by Crippen LogP contribution is -2.34. The SMILES string of the molecule is CCCS(=O)(=O)NC1CCC(SC)C1. The lowest BCUT2D eigenvalue weighted by atomic mass is 10.3. The van der Waals surface area contributed by atoms with Crippen LogP contribution in [-0.2, 0) is 10.0 Å². The molecule has 5 heteroatoms. The van der Waals surface area contributed by atoms with Gasteiger partial charge in [-0.15, -0.1) is 0 Å². The molecule has 0 radical (unpaired) electrons. The number of sulfonamides is 1. The van der Waals surface area contributed by atoms with Crippen molar-refractivity contribution in [2.45, 2.75) is 43.9 Å². The van der Waals surface area contributed by atoms with Gasteiger partial charge in [-0.25, -0.2) is 13.1 Å². The Hall–Kier alpha value is 0.260. The van der Waals surface area contributed by atoms with Gasteiger partial charge in [0.2, 0.25) is 10.0 Å². The smallest absolute Gasteiger partial charge is 0.211 e. The highest BCUT2D eigenvalue weighted by Crippen LogP contribution is 2.28. The van der Waals surface area contributed by atoms with Gasteiger partial charge in [-0.1, -0.05) is 6.92 Å². The van der Waals surface area contributed by atoms with Crippen LogP contribution in [0.25, 0.3) is 0 Å². The lowest BCUT2D eigenvalue weighted by Gasteiger charge is -2.12. The standard InChI is InChI=1S/C9H19NO2S2/c1-3-6-14(11,12)10-8-4-5-9(7-8)13-2/h8-10H,3-7H2,1-2H3. The average Bonchev–Trinajstić information content (AvgIpc) is 2.51. The molecule has 0 aromatic carbocycles. The molecule has 2 unspecified atom stereocenters. The van der Waals surface area contributed by atoms with Crippen LogP contribution >= 0.6 is 11.8 Å². The van der Waals surface area contributed by atoms with Crippen LogP contribution in [0, 0.1) is 0 Å². The highest BCUT2D eigenvalue weighted by molar-refractivity contribution is 7.99. The molecule has 2 atom stereocenters. The van der Waals surface area contributed by atoms with E-state index >= 15 is 0 Å². The molecule has 1 rings (SSSR count). The first kappa shape index (κ1) is 12.3. The molecule has 0 spiro atoms. The van der Waals surface area contributed by atoms with E-state index in [1.165, 1.54) is 0 Å². The second kappa shape index (κ2) is 5.37. The van der Waals surface area contributed by atoms with Crippen LogP contribution in [0.2, 0.25) is 0 Å². The van der Waals surface area contributed by atoms with Crippen LogP contribution in [0.1, 0.15) is 32.6 Å². The third-order valence-electron chi connectivity index (χ3n) is 2.54. The van der Waals surface area contributed by atoms with Crippen molar-refractivity contribution in [2.75, 3.05) is 12.0 Å². The van der Waals surface area contributed by atoms with E-state index in [1.807, 2.05) is 18.7 Å². The van der Waals surface area contributed by atoms with E-state index in [-0.39, 0.29) is 11.8 Å². The van der Waals surface area contributed by atoms with Gasteiger partial charge < -0.3 is 0 Å². The van der Waals surface area contributed by atoms with Crippen LogP contribution in [-0.4, -0.2) is 31.7 Å². The summed E-state index contributed by atoms with van der Waals surface area (Å²) in [7, 11) is -3.01. The van der Waals surface area contributed by atoms with E-state index < -0.39 is 10.0 Å². The van der Waals surface area contributed by atoms with Crippen molar-refractivity contribution in [3.8, 4) is 0 Å². The minimum atomic E-state index is -3.01. The van der Waals surface area contributed by atoms with Gasteiger partial charge >= 0.3 is 0 Å². The molecule has 0 aromatic rings. The molecular weight excluding hydrogens is 218 g/mol. The third kappa shape index (κ3) is 3.79. The van der Waals surface area contributed by atoms with Crippen molar-refractivity contribution in [2.24, 2.45) is 0 Å². The monoisotopic (exact) mass is 237 g/mol. The van der Waals surface area contributed by atoms with Crippen LogP contribution in [0.4, 0.5) is 0 Å². The Labute approximate surface area is 91.1 Å². The fraction of sp³-hybridized carbons (Fsp3) is 1.00. The topological polar surface area (TPSA) is 46.2 Å². The van der Waals surface area contributed by atoms with E-state index in [4.69, 9.17) is 0 Å². The Morgan fingerprint density at radius 1 is 1.43 bits per heavy atom.